The summed E-state index contributed by atoms with van der Waals surface area (Å²) in [5.41, 5.74) is 0. The third-order valence-electron chi connectivity index (χ3n) is 4.13. The van der Waals surface area contributed by atoms with Crippen LogP contribution in [0, 0.1) is 11.8 Å². The van der Waals surface area contributed by atoms with E-state index < -0.39 is 39.5 Å². The zero-order chi connectivity index (χ0) is 20.2. The molecule has 1 heterocycles. The number of nitrogens with one attached hydrogen (secondary N) is 1. The number of carbonyl (C=O) groups excluding carboxylic acids is 3. The van der Waals surface area contributed by atoms with Crippen LogP contribution in [0.3, 0.4) is 0 Å². The minimum atomic E-state index is -1.60. The maximum absolute atomic E-state index is 13.1. The summed E-state index contributed by atoms with van der Waals surface area (Å²) in [6, 6.07) is -1.50. The van der Waals surface area contributed by atoms with Crippen LogP contribution in [0.25, 0.3) is 0 Å². The van der Waals surface area contributed by atoms with Crippen molar-refractivity contribution < 1.29 is 19.1 Å². The third kappa shape index (κ3) is 6.03. The van der Waals surface area contributed by atoms with E-state index in [9.17, 15) is 14.4 Å². The SMILES string of the molecule is COC1=CC(=O)N(C(=O)C(CC(C)C(Cl)(Cl)Cl)NC(C)=O)C1CC(C)C. The van der Waals surface area contributed by atoms with E-state index in [1.54, 1.807) is 6.92 Å². The van der Waals surface area contributed by atoms with Gasteiger partial charge in [0.2, 0.25) is 5.91 Å². The molecule has 6 nitrogen and oxygen atoms in total. The van der Waals surface area contributed by atoms with Crippen LogP contribution in [0.5, 0.6) is 0 Å². The van der Waals surface area contributed by atoms with Gasteiger partial charge in [0.25, 0.3) is 11.8 Å². The number of halogens is 3. The summed E-state index contributed by atoms with van der Waals surface area (Å²) in [7, 11) is 1.45. The highest BCUT2D eigenvalue weighted by Gasteiger charge is 2.43. The van der Waals surface area contributed by atoms with Crippen molar-refractivity contribution in [1.82, 2.24) is 10.2 Å². The molecule has 0 aromatic heterocycles. The highest BCUT2D eigenvalue weighted by molar-refractivity contribution is 6.67. The lowest BCUT2D eigenvalue weighted by atomic mass is 9.99. The number of ether oxygens (including phenoxy) is 1. The van der Waals surface area contributed by atoms with Crippen LogP contribution in [0.1, 0.15) is 40.5 Å². The summed E-state index contributed by atoms with van der Waals surface area (Å²) in [4.78, 5) is 38.2. The van der Waals surface area contributed by atoms with Gasteiger partial charge in [0.05, 0.1) is 13.2 Å². The number of hydrogen-bond acceptors (Lipinski definition) is 4. The molecule has 1 N–H and O–H groups in total. The summed E-state index contributed by atoms with van der Waals surface area (Å²) < 4.78 is 3.67. The number of alkyl halides is 3. The predicted octanol–water partition coefficient (Wildman–Crippen LogP) is 3.20. The first-order valence-electron chi connectivity index (χ1n) is 8.34. The molecule has 26 heavy (non-hydrogen) atoms. The molecule has 0 radical (unpaired) electrons. The molecule has 148 valence electrons. The van der Waals surface area contributed by atoms with Crippen molar-refractivity contribution in [3.8, 4) is 0 Å². The van der Waals surface area contributed by atoms with Crippen molar-refractivity contribution in [2.45, 2.75) is 56.4 Å². The molecule has 0 aromatic rings. The Labute approximate surface area is 169 Å². The number of carbonyl (C=O) groups is 3. The van der Waals surface area contributed by atoms with Crippen LogP contribution in [-0.4, -0.2) is 45.6 Å². The van der Waals surface area contributed by atoms with Crippen molar-refractivity contribution >= 4 is 52.5 Å². The van der Waals surface area contributed by atoms with Gasteiger partial charge in [0.15, 0.2) is 3.79 Å². The van der Waals surface area contributed by atoms with E-state index in [2.05, 4.69) is 5.32 Å². The van der Waals surface area contributed by atoms with Gasteiger partial charge in [-0.2, -0.15) is 0 Å². The number of nitrogens with zero attached hydrogens (tertiary/aromatic N) is 1. The van der Waals surface area contributed by atoms with Gasteiger partial charge < -0.3 is 10.1 Å². The molecule has 0 fully saturated rings. The average molecular weight is 428 g/mol. The second-order valence-electron chi connectivity index (χ2n) is 6.87. The summed E-state index contributed by atoms with van der Waals surface area (Å²) in [6.07, 6.45) is 1.92. The Morgan fingerprint density at radius 1 is 1.31 bits per heavy atom. The topological polar surface area (TPSA) is 75.7 Å². The first kappa shape index (κ1) is 23.1. The van der Waals surface area contributed by atoms with Gasteiger partial charge >= 0.3 is 0 Å². The smallest absolute Gasteiger partial charge is 0.257 e. The first-order chi connectivity index (χ1) is 11.9. The molecular weight excluding hydrogens is 403 g/mol. The number of amides is 3. The van der Waals surface area contributed by atoms with E-state index in [1.165, 1.54) is 20.1 Å². The second-order valence-corrected chi connectivity index (χ2v) is 9.24. The molecule has 0 saturated carbocycles. The fourth-order valence-corrected chi connectivity index (χ4v) is 3.08. The molecule has 0 saturated heterocycles. The highest BCUT2D eigenvalue weighted by Crippen LogP contribution is 2.37. The molecular formula is C17H25Cl3N2O4. The van der Waals surface area contributed by atoms with Crippen LogP contribution in [0.15, 0.2) is 11.8 Å². The van der Waals surface area contributed by atoms with Crippen molar-refractivity contribution in [3.05, 3.63) is 11.8 Å². The maximum atomic E-state index is 13.1. The van der Waals surface area contributed by atoms with E-state index in [4.69, 9.17) is 39.5 Å². The summed E-state index contributed by atoms with van der Waals surface area (Å²) >= 11 is 17.7. The zero-order valence-electron chi connectivity index (χ0n) is 15.5. The van der Waals surface area contributed by atoms with Crippen molar-refractivity contribution in [1.29, 1.82) is 0 Å². The van der Waals surface area contributed by atoms with Crippen molar-refractivity contribution in [3.63, 3.8) is 0 Å². The number of rotatable bonds is 7. The van der Waals surface area contributed by atoms with E-state index in [-0.39, 0.29) is 12.3 Å². The van der Waals surface area contributed by atoms with Gasteiger partial charge in [-0.1, -0.05) is 55.6 Å². The third-order valence-corrected chi connectivity index (χ3v) is 5.25. The molecule has 1 aliphatic heterocycles. The van der Waals surface area contributed by atoms with Crippen LogP contribution >= 0.6 is 34.8 Å². The normalized spacial score (nSPS) is 20.0. The van der Waals surface area contributed by atoms with E-state index in [0.717, 1.165) is 4.90 Å². The van der Waals surface area contributed by atoms with Gasteiger partial charge in [-0.05, 0) is 18.8 Å². The summed E-state index contributed by atoms with van der Waals surface area (Å²) in [5.74, 6) is -1.31. The Morgan fingerprint density at radius 2 is 1.88 bits per heavy atom. The minimum Gasteiger partial charge on any atom is -0.499 e. The lowest BCUT2D eigenvalue weighted by Crippen LogP contribution is -2.53. The molecule has 1 aliphatic rings. The number of hydrogen-bond donors (Lipinski definition) is 1. The Hall–Kier alpha value is -0.980. The van der Waals surface area contributed by atoms with Crippen molar-refractivity contribution in [2.24, 2.45) is 11.8 Å². The van der Waals surface area contributed by atoms with E-state index in [0.29, 0.717) is 12.2 Å². The molecule has 0 spiro atoms. The molecule has 1 rings (SSSR count). The monoisotopic (exact) mass is 426 g/mol. The zero-order valence-corrected chi connectivity index (χ0v) is 17.8. The van der Waals surface area contributed by atoms with Crippen LogP contribution in [0.4, 0.5) is 0 Å². The van der Waals surface area contributed by atoms with Gasteiger partial charge in [0, 0.05) is 18.9 Å². The summed E-state index contributed by atoms with van der Waals surface area (Å²) in [6.45, 7) is 6.91. The lowest BCUT2D eigenvalue weighted by Gasteiger charge is -2.31. The average Bonchev–Trinajstić information content (AvgIpc) is 2.79. The van der Waals surface area contributed by atoms with Crippen LogP contribution in [-0.2, 0) is 19.1 Å². The minimum absolute atomic E-state index is 0.0788. The largest absolute Gasteiger partial charge is 0.499 e. The molecule has 9 heteroatoms. The molecule has 0 aliphatic carbocycles. The Kier molecular flexibility index (Phi) is 8.24. The number of imide groups is 1. The Bertz CT molecular complexity index is 587. The maximum Gasteiger partial charge on any atom is 0.257 e. The fraction of sp³-hybridized carbons (Fsp3) is 0.706. The highest BCUT2D eigenvalue weighted by atomic mass is 35.6. The Balaban J connectivity index is 3.11. The van der Waals surface area contributed by atoms with Gasteiger partial charge in [-0.15, -0.1) is 0 Å². The molecule has 0 bridgehead atoms. The van der Waals surface area contributed by atoms with E-state index in [1.807, 2.05) is 13.8 Å². The second kappa shape index (κ2) is 9.29. The van der Waals surface area contributed by atoms with Gasteiger partial charge in [-0.3, -0.25) is 19.3 Å². The van der Waals surface area contributed by atoms with E-state index >= 15 is 0 Å². The number of methoxy groups -OCH3 is 1. The summed E-state index contributed by atoms with van der Waals surface area (Å²) in [5, 5.41) is 2.56. The molecule has 3 atom stereocenters. The predicted molar refractivity (Wildman–Crippen MR) is 102 cm³/mol. The fourth-order valence-electron chi connectivity index (χ4n) is 2.82. The molecule has 3 amide bonds. The van der Waals surface area contributed by atoms with Gasteiger partial charge in [-0.25, -0.2) is 0 Å². The molecule has 3 unspecified atom stereocenters. The Morgan fingerprint density at radius 3 is 2.31 bits per heavy atom. The standard InChI is InChI=1S/C17H25Cl3N2O4/c1-9(2)6-13-14(26-5)8-15(24)22(13)16(25)12(21-11(4)23)7-10(3)17(18,19)20/h8-10,12-13H,6-7H2,1-5H3,(H,21,23). The quantitative estimate of drug-likeness (QED) is 0.633. The first-order valence-corrected chi connectivity index (χ1v) is 9.48. The van der Waals surface area contributed by atoms with Gasteiger partial charge in [0.1, 0.15) is 11.8 Å². The van der Waals surface area contributed by atoms with Crippen LogP contribution < -0.4 is 5.32 Å². The van der Waals surface area contributed by atoms with Crippen LogP contribution in [0.2, 0.25) is 0 Å². The molecule has 0 aromatic carbocycles. The lowest BCUT2D eigenvalue weighted by molar-refractivity contribution is -0.146. The van der Waals surface area contributed by atoms with Crippen molar-refractivity contribution in [2.75, 3.05) is 7.11 Å².